The first-order valence-electron chi connectivity index (χ1n) is 2.63. The maximum absolute atomic E-state index is 12.6. The monoisotopic (exact) mass is 205 g/mol. The van der Waals surface area contributed by atoms with E-state index in [-0.39, 0.29) is 5.75 Å². The van der Waals surface area contributed by atoms with E-state index in [1.54, 1.807) is 0 Å². The van der Waals surface area contributed by atoms with E-state index in [4.69, 9.17) is 5.11 Å². The smallest absolute Gasteiger partial charge is 0.149 e. The van der Waals surface area contributed by atoms with E-state index in [9.17, 15) is 4.39 Å². The van der Waals surface area contributed by atoms with Gasteiger partial charge in [-0.05, 0) is 0 Å². The zero-order valence-corrected chi connectivity index (χ0v) is 6.60. The highest BCUT2D eigenvalue weighted by Gasteiger charge is 2.01. The molecule has 2 nitrogen and oxygen atoms in total. The van der Waals surface area contributed by atoms with Gasteiger partial charge in [-0.25, -0.2) is 4.39 Å². The van der Waals surface area contributed by atoms with E-state index < -0.39 is 5.82 Å². The highest BCUT2D eigenvalue weighted by Crippen LogP contribution is 2.13. The molecular weight excluding hydrogens is 201 g/mol. The summed E-state index contributed by atoms with van der Waals surface area (Å²) in [5.74, 6) is -0.640. The van der Waals surface area contributed by atoms with E-state index in [0.29, 0.717) is 11.0 Å². The molecule has 10 heavy (non-hydrogen) atoms. The van der Waals surface area contributed by atoms with Crippen LogP contribution in [0.5, 0.6) is 5.75 Å². The molecule has 4 heteroatoms. The molecule has 0 aliphatic heterocycles. The Morgan fingerprint density at radius 2 is 2.40 bits per heavy atom. The molecule has 0 amide bonds. The summed E-state index contributed by atoms with van der Waals surface area (Å²) in [5.41, 5.74) is 0.304. The molecule has 0 aliphatic rings. The van der Waals surface area contributed by atoms with E-state index in [1.807, 2.05) is 0 Å². The van der Waals surface area contributed by atoms with Crippen LogP contribution in [0.3, 0.4) is 0 Å². The van der Waals surface area contributed by atoms with Crippen LogP contribution in [0.15, 0.2) is 12.3 Å². The molecule has 1 aromatic rings. The van der Waals surface area contributed by atoms with Crippen LogP contribution in [0, 0.1) is 5.82 Å². The predicted octanol–water partition coefficient (Wildman–Crippen LogP) is 1.82. The average Bonchev–Trinajstić information content (AvgIpc) is 1.88. The Morgan fingerprint density at radius 1 is 1.70 bits per heavy atom. The van der Waals surface area contributed by atoms with Crippen LogP contribution >= 0.6 is 15.9 Å². The number of pyridine rings is 1. The molecule has 0 atom stereocenters. The molecule has 0 bridgehead atoms. The van der Waals surface area contributed by atoms with Crippen molar-refractivity contribution < 1.29 is 9.50 Å². The van der Waals surface area contributed by atoms with Crippen molar-refractivity contribution in [2.24, 2.45) is 0 Å². The highest BCUT2D eigenvalue weighted by molar-refractivity contribution is 9.08. The quantitative estimate of drug-likeness (QED) is 0.711. The molecule has 1 rings (SSSR count). The topological polar surface area (TPSA) is 33.1 Å². The molecule has 0 aromatic carbocycles. The van der Waals surface area contributed by atoms with Crippen LogP contribution in [-0.2, 0) is 5.33 Å². The fraction of sp³-hybridized carbons (Fsp3) is 0.167. The lowest BCUT2D eigenvalue weighted by molar-refractivity contribution is 0.464. The molecule has 0 saturated carbocycles. The number of aromatic nitrogens is 1. The highest BCUT2D eigenvalue weighted by atomic mass is 79.9. The Hall–Kier alpha value is -0.640. The van der Waals surface area contributed by atoms with Gasteiger partial charge in [0.1, 0.15) is 11.6 Å². The number of hydrogen-bond donors (Lipinski definition) is 1. The number of nitrogens with zero attached hydrogens (tertiary/aromatic N) is 1. The number of rotatable bonds is 1. The second-order valence-corrected chi connectivity index (χ2v) is 2.32. The summed E-state index contributed by atoms with van der Waals surface area (Å²) in [6.07, 6.45) is 1.21. The fourth-order valence-corrected chi connectivity index (χ4v) is 0.967. The van der Waals surface area contributed by atoms with Crippen LogP contribution < -0.4 is 0 Å². The van der Waals surface area contributed by atoms with Gasteiger partial charge in [-0.3, -0.25) is 4.98 Å². The Balaban J connectivity index is 3.07. The van der Waals surface area contributed by atoms with Crippen LogP contribution in [0.25, 0.3) is 0 Å². The van der Waals surface area contributed by atoms with Gasteiger partial charge in [-0.2, -0.15) is 0 Å². The summed E-state index contributed by atoms with van der Waals surface area (Å²) in [4.78, 5) is 3.62. The number of halogens is 2. The summed E-state index contributed by atoms with van der Waals surface area (Å²) < 4.78 is 12.6. The van der Waals surface area contributed by atoms with Crippen molar-refractivity contribution in [3.05, 3.63) is 23.8 Å². The number of alkyl halides is 1. The molecule has 0 radical (unpaired) electrons. The third-order valence-electron chi connectivity index (χ3n) is 1.03. The minimum atomic E-state index is -0.489. The van der Waals surface area contributed by atoms with Gasteiger partial charge in [0, 0.05) is 11.4 Å². The summed E-state index contributed by atoms with van der Waals surface area (Å²) in [7, 11) is 0. The van der Waals surface area contributed by atoms with Crippen LogP contribution in [-0.4, -0.2) is 10.1 Å². The van der Waals surface area contributed by atoms with E-state index in [0.717, 1.165) is 6.07 Å². The van der Waals surface area contributed by atoms with Crippen LogP contribution in [0.2, 0.25) is 0 Å². The third kappa shape index (κ3) is 1.44. The van der Waals surface area contributed by atoms with Crippen molar-refractivity contribution in [1.29, 1.82) is 0 Å². The molecule has 1 heterocycles. The van der Waals surface area contributed by atoms with Crippen LogP contribution in [0.4, 0.5) is 4.39 Å². The molecule has 0 fully saturated rings. The summed E-state index contributed by atoms with van der Waals surface area (Å²) in [6.45, 7) is 0. The molecule has 1 aromatic heterocycles. The van der Waals surface area contributed by atoms with Crippen molar-refractivity contribution in [1.82, 2.24) is 4.98 Å². The van der Waals surface area contributed by atoms with Crippen molar-refractivity contribution in [2.75, 3.05) is 0 Å². The first kappa shape index (κ1) is 7.47. The Kier molecular flexibility index (Phi) is 2.21. The molecule has 54 valence electrons. The van der Waals surface area contributed by atoms with E-state index >= 15 is 0 Å². The zero-order valence-electron chi connectivity index (χ0n) is 5.01. The SMILES string of the molecule is Oc1cnc(CBr)c(F)c1. The fourth-order valence-electron chi connectivity index (χ4n) is 0.554. The van der Waals surface area contributed by atoms with E-state index in [1.165, 1.54) is 6.20 Å². The molecule has 0 aliphatic carbocycles. The van der Waals surface area contributed by atoms with Gasteiger partial charge in [0.05, 0.1) is 11.9 Å². The summed E-state index contributed by atoms with van der Waals surface area (Å²) >= 11 is 3.05. The van der Waals surface area contributed by atoms with Crippen molar-refractivity contribution in [2.45, 2.75) is 5.33 Å². The lowest BCUT2D eigenvalue weighted by atomic mass is 10.3. The second-order valence-electron chi connectivity index (χ2n) is 1.76. The first-order valence-corrected chi connectivity index (χ1v) is 3.75. The largest absolute Gasteiger partial charge is 0.506 e. The molecule has 0 saturated heterocycles. The second kappa shape index (κ2) is 2.96. The van der Waals surface area contributed by atoms with Gasteiger partial charge >= 0.3 is 0 Å². The van der Waals surface area contributed by atoms with Crippen molar-refractivity contribution in [3.63, 3.8) is 0 Å². The van der Waals surface area contributed by atoms with Crippen molar-refractivity contribution in [3.8, 4) is 5.75 Å². The van der Waals surface area contributed by atoms with Crippen LogP contribution in [0.1, 0.15) is 5.69 Å². The maximum atomic E-state index is 12.6. The third-order valence-corrected chi connectivity index (χ3v) is 1.56. The Bertz CT molecular complexity index is 241. The van der Waals surface area contributed by atoms with Gasteiger partial charge in [0.25, 0.3) is 0 Å². The normalized spacial score (nSPS) is 9.80. The Morgan fingerprint density at radius 3 is 2.90 bits per heavy atom. The summed E-state index contributed by atoms with van der Waals surface area (Å²) in [6, 6.07) is 1.03. The molecule has 1 N–H and O–H groups in total. The standard InChI is InChI=1S/C6H5BrFNO/c7-2-6-5(8)1-4(10)3-9-6/h1,3,10H,2H2. The van der Waals surface area contributed by atoms with E-state index in [2.05, 4.69) is 20.9 Å². The average molecular weight is 206 g/mol. The van der Waals surface area contributed by atoms with Crippen molar-refractivity contribution >= 4 is 15.9 Å². The minimum Gasteiger partial charge on any atom is -0.506 e. The lowest BCUT2D eigenvalue weighted by Gasteiger charge is -1.96. The number of aromatic hydroxyl groups is 1. The van der Waals surface area contributed by atoms with Gasteiger partial charge in [-0.15, -0.1) is 0 Å². The van der Waals surface area contributed by atoms with Gasteiger partial charge < -0.3 is 5.11 Å². The Labute approximate surface area is 65.8 Å². The molecule has 0 unspecified atom stereocenters. The maximum Gasteiger partial charge on any atom is 0.149 e. The molecular formula is C6H5BrFNO. The van der Waals surface area contributed by atoms with Gasteiger partial charge in [0.2, 0.25) is 0 Å². The minimum absolute atomic E-state index is 0.151. The number of hydrogen-bond acceptors (Lipinski definition) is 2. The van der Waals surface area contributed by atoms with Gasteiger partial charge in [-0.1, -0.05) is 15.9 Å². The summed E-state index contributed by atoms with van der Waals surface area (Å²) in [5, 5.41) is 9.08. The predicted molar refractivity (Wildman–Crippen MR) is 38.5 cm³/mol. The molecule has 0 spiro atoms. The first-order chi connectivity index (χ1) is 4.74. The zero-order chi connectivity index (χ0) is 7.56. The van der Waals surface area contributed by atoms with Gasteiger partial charge in [0.15, 0.2) is 0 Å². The lowest BCUT2D eigenvalue weighted by Crippen LogP contribution is -1.88.